The van der Waals surface area contributed by atoms with Crippen LogP contribution in [0.4, 0.5) is 0 Å². The number of benzene rings is 1. The molecule has 0 radical (unpaired) electrons. The molecule has 1 saturated carbocycles. The number of hydrogen-bond donors (Lipinski definition) is 2. The normalized spacial score (nSPS) is 23.0. The van der Waals surface area contributed by atoms with Crippen LogP contribution in [0.5, 0.6) is 17.2 Å². The predicted octanol–water partition coefficient (Wildman–Crippen LogP) is 1.72. The summed E-state index contributed by atoms with van der Waals surface area (Å²) in [5.41, 5.74) is 1.85. The smallest absolute Gasteiger partial charge is 0.268 e. The van der Waals surface area contributed by atoms with Crippen LogP contribution in [0.2, 0.25) is 0 Å². The van der Waals surface area contributed by atoms with Crippen LogP contribution in [0.15, 0.2) is 24.5 Å². The van der Waals surface area contributed by atoms with Gasteiger partial charge in [-0.25, -0.2) is 4.98 Å². The Labute approximate surface area is 144 Å². The van der Waals surface area contributed by atoms with Crippen LogP contribution in [0, 0.1) is 0 Å². The van der Waals surface area contributed by atoms with E-state index in [0.29, 0.717) is 18.0 Å². The largest absolute Gasteiger partial charge is 0.508 e. The highest BCUT2D eigenvalue weighted by Gasteiger charge is 2.52. The Morgan fingerprint density at radius 3 is 3.04 bits per heavy atom. The van der Waals surface area contributed by atoms with Crippen LogP contribution in [0.25, 0.3) is 0 Å². The highest BCUT2D eigenvalue weighted by Crippen LogP contribution is 2.49. The maximum Gasteiger partial charge on any atom is 0.268 e. The Balaban J connectivity index is 1.43. The van der Waals surface area contributed by atoms with E-state index < -0.39 is 6.10 Å². The van der Waals surface area contributed by atoms with Gasteiger partial charge < -0.3 is 24.5 Å². The van der Waals surface area contributed by atoms with Crippen molar-refractivity contribution < 1.29 is 19.4 Å². The second-order valence-electron chi connectivity index (χ2n) is 6.90. The third kappa shape index (κ3) is 2.04. The van der Waals surface area contributed by atoms with Crippen LogP contribution in [-0.2, 0) is 16.8 Å². The average molecular weight is 341 g/mol. The molecule has 1 aliphatic carbocycles. The van der Waals surface area contributed by atoms with Gasteiger partial charge in [0, 0.05) is 24.7 Å². The number of ether oxygens (including phenoxy) is 2. The van der Waals surface area contributed by atoms with Crippen LogP contribution in [0.3, 0.4) is 0 Å². The highest BCUT2D eigenvalue weighted by atomic mass is 16.6. The second-order valence-corrected chi connectivity index (χ2v) is 6.90. The summed E-state index contributed by atoms with van der Waals surface area (Å²) in [6.07, 6.45) is 4.75. The summed E-state index contributed by atoms with van der Waals surface area (Å²) < 4.78 is 11.5. The van der Waals surface area contributed by atoms with Crippen molar-refractivity contribution in [3.8, 4) is 17.2 Å². The summed E-state index contributed by atoms with van der Waals surface area (Å²) in [7, 11) is 0. The SMILES string of the molecule is O=C(C1COc2ccc(O)cc2O1)N1CCc2[nH]cnc2C12CCC2. The van der Waals surface area contributed by atoms with Gasteiger partial charge in [0.1, 0.15) is 12.4 Å². The molecule has 2 aliphatic heterocycles. The fourth-order valence-corrected chi connectivity index (χ4v) is 4.17. The number of phenols is 1. The number of nitrogens with zero attached hydrogens (tertiary/aromatic N) is 2. The topological polar surface area (TPSA) is 87.7 Å². The first-order valence-corrected chi connectivity index (χ1v) is 8.64. The van der Waals surface area contributed by atoms with Crippen molar-refractivity contribution in [3.63, 3.8) is 0 Å². The minimum absolute atomic E-state index is 0.0673. The number of imidazole rings is 1. The van der Waals surface area contributed by atoms with Gasteiger partial charge in [-0.05, 0) is 31.4 Å². The van der Waals surface area contributed by atoms with Gasteiger partial charge in [0.2, 0.25) is 6.10 Å². The molecule has 7 nitrogen and oxygen atoms in total. The number of nitrogens with one attached hydrogen (secondary N) is 1. The standard InChI is InChI=1S/C18H19N3O4/c22-11-2-3-13-14(8-11)25-15(9-24-13)17(23)21-7-4-12-16(20-10-19-12)18(21)5-1-6-18/h2-3,8,10,15,22H,1,4-7,9H2,(H,19,20). The molecule has 1 unspecified atom stereocenters. The third-order valence-electron chi connectivity index (χ3n) is 5.57. The summed E-state index contributed by atoms with van der Waals surface area (Å²) in [5.74, 6) is 0.977. The van der Waals surface area contributed by atoms with Crippen LogP contribution in [-0.4, -0.2) is 45.1 Å². The lowest BCUT2D eigenvalue weighted by atomic mass is 9.70. The lowest BCUT2D eigenvalue weighted by molar-refractivity contribution is -0.154. The van der Waals surface area contributed by atoms with E-state index in [4.69, 9.17) is 9.47 Å². The number of aromatic amines is 1. The van der Waals surface area contributed by atoms with Crippen molar-refractivity contribution in [3.05, 3.63) is 35.9 Å². The van der Waals surface area contributed by atoms with Gasteiger partial charge in [-0.1, -0.05) is 0 Å². The second kappa shape index (κ2) is 5.15. The lowest BCUT2D eigenvalue weighted by Crippen LogP contribution is -2.61. The number of H-pyrrole nitrogens is 1. The summed E-state index contributed by atoms with van der Waals surface area (Å²) in [4.78, 5) is 22.8. The molecule has 3 heterocycles. The van der Waals surface area contributed by atoms with E-state index in [-0.39, 0.29) is 23.8 Å². The minimum atomic E-state index is -0.702. The number of aromatic hydroxyl groups is 1. The number of phenolic OH excluding ortho intramolecular Hbond substituents is 1. The van der Waals surface area contributed by atoms with E-state index in [1.165, 1.54) is 12.1 Å². The summed E-state index contributed by atoms with van der Waals surface area (Å²) in [6, 6.07) is 4.67. The van der Waals surface area contributed by atoms with Gasteiger partial charge in [-0.15, -0.1) is 0 Å². The van der Waals surface area contributed by atoms with E-state index in [1.807, 2.05) is 4.90 Å². The Bertz CT molecular complexity index is 843. The molecule has 0 saturated heterocycles. The van der Waals surface area contributed by atoms with E-state index >= 15 is 0 Å². The summed E-state index contributed by atoms with van der Waals surface area (Å²) in [5, 5.41) is 9.64. The van der Waals surface area contributed by atoms with Gasteiger partial charge in [0.15, 0.2) is 11.5 Å². The molecule has 2 aromatic rings. The molecule has 1 atom stereocenters. The Morgan fingerprint density at radius 2 is 2.24 bits per heavy atom. The zero-order chi connectivity index (χ0) is 17.0. The Morgan fingerprint density at radius 1 is 1.36 bits per heavy atom. The fourth-order valence-electron chi connectivity index (χ4n) is 4.17. The number of aromatic nitrogens is 2. The van der Waals surface area contributed by atoms with E-state index in [2.05, 4.69) is 9.97 Å². The number of fused-ring (bicyclic) bond motifs is 3. The third-order valence-corrected chi connectivity index (χ3v) is 5.57. The maximum atomic E-state index is 13.2. The number of rotatable bonds is 1. The summed E-state index contributed by atoms with van der Waals surface area (Å²) >= 11 is 0. The molecule has 25 heavy (non-hydrogen) atoms. The molecule has 1 aromatic heterocycles. The van der Waals surface area contributed by atoms with Gasteiger partial charge in [0.05, 0.1) is 17.6 Å². The van der Waals surface area contributed by atoms with E-state index in [9.17, 15) is 9.90 Å². The zero-order valence-electron chi connectivity index (χ0n) is 13.7. The first-order valence-electron chi connectivity index (χ1n) is 8.64. The molecule has 5 rings (SSSR count). The molecule has 3 aliphatic rings. The van der Waals surface area contributed by atoms with E-state index in [0.717, 1.165) is 37.1 Å². The molecule has 7 heteroatoms. The Kier molecular flexibility index (Phi) is 3.01. The van der Waals surface area contributed by atoms with E-state index in [1.54, 1.807) is 12.4 Å². The fraction of sp³-hybridized carbons (Fsp3) is 0.444. The van der Waals surface area contributed by atoms with Crippen LogP contribution >= 0.6 is 0 Å². The van der Waals surface area contributed by atoms with Crippen LogP contribution < -0.4 is 9.47 Å². The van der Waals surface area contributed by atoms with Gasteiger partial charge in [0.25, 0.3) is 5.91 Å². The molecule has 2 N–H and O–H groups in total. The first kappa shape index (κ1) is 14.6. The molecule has 1 amide bonds. The van der Waals surface area contributed by atoms with Crippen molar-refractivity contribution in [1.82, 2.24) is 14.9 Å². The zero-order valence-corrected chi connectivity index (χ0v) is 13.7. The Hall–Kier alpha value is -2.70. The van der Waals surface area contributed by atoms with Crippen molar-refractivity contribution in [2.45, 2.75) is 37.3 Å². The highest BCUT2D eigenvalue weighted by molar-refractivity contribution is 5.83. The quantitative estimate of drug-likeness (QED) is 0.825. The van der Waals surface area contributed by atoms with Crippen molar-refractivity contribution >= 4 is 5.91 Å². The number of hydrogen-bond acceptors (Lipinski definition) is 5. The first-order chi connectivity index (χ1) is 12.2. The average Bonchev–Trinajstić information content (AvgIpc) is 3.07. The maximum absolute atomic E-state index is 13.2. The molecule has 1 fully saturated rings. The number of carbonyl (C=O) groups excluding carboxylic acids is 1. The molecular weight excluding hydrogens is 322 g/mol. The molecular formula is C18H19N3O4. The molecule has 130 valence electrons. The number of carbonyl (C=O) groups is 1. The minimum Gasteiger partial charge on any atom is -0.508 e. The lowest BCUT2D eigenvalue weighted by Gasteiger charge is -2.52. The molecule has 1 spiro atoms. The molecule has 0 bridgehead atoms. The van der Waals surface area contributed by atoms with Crippen molar-refractivity contribution in [1.29, 1.82) is 0 Å². The van der Waals surface area contributed by atoms with Gasteiger partial charge in [-0.2, -0.15) is 0 Å². The van der Waals surface area contributed by atoms with Gasteiger partial charge >= 0.3 is 0 Å². The van der Waals surface area contributed by atoms with Crippen molar-refractivity contribution in [2.24, 2.45) is 0 Å². The van der Waals surface area contributed by atoms with Gasteiger partial charge in [-0.3, -0.25) is 4.79 Å². The predicted molar refractivity (Wildman–Crippen MR) is 87.6 cm³/mol. The summed E-state index contributed by atoms with van der Waals surface area (Å²) in [6.45, 7) is 0.831. The monoisotopic (exact) mass is 341 g/mol. The molecule has 1 aromatic carbocycles. The van der Waals surface area contributed by atoms with Crippen LogP contribution in [0.1, 0.15) is 30.7 Å². The van der Waals surface area contributed by atoms with Crippen molar-refractivity contribution in [2.75, 3.05) is 13.2 Å². The number of amides is 1.